The molecule has 0 spiro atoms. The van der Waals surface area contributed by atoms with E-state index in [-0.39, 0.29) is 23.9 Å². The number of nitrogens with zero attached hydrogens (tertiary/aromatic N) is 3. The molecule has 1 saturated heterocycles. The number of carboxylic acids is 1. The fourth-order valence-electron chi connectivity index (χ4n) is 2.22. The van der Waals surface area contributed by atoms with Crippen LogP contribution in [-0.4, -0.2) is 46.8 Å². The van der Waals surface area contributed by atoms with Crippen molar-refractivity contribution in [1.29, 1.82) is 0 Å². The lowest BCUT2D eigenvalue weighted by atomic mass is 9.99. The quantitative estimate of drug-likeness (QED) is 0.625. The second kappa shape index (κ2) is 5.37. The Balaban J connectivity index is 2.27. The first kappa shape index (κ1) is 15.3. The molecule has 1 N–H and O–H groups in total. The molecule has 9 nitrogen and oxygen atoms in total. The zero-order valence-corrected chi connectivity index (χ0v) is 11.9. The smallest absolute Gasteiger partial charge is 0.363 e. The van der Waals surface area contributed by atoms with E-state index in [0.29, 0.717) is 0 Å². The minimum atomic E-state index is -3.90. The van der Waals surface area contributed by atoms with Gasteiger partial charge >= 0.3 is 11.8 Å². The highest BCUT2D eigenvalue weighted by Crippen LogP contribution is 2.28. The van der Waals surface area contributed by atoms with E-state index < -0.39 is 32.7 Å². The molecule has 0 unspecified atom stereocenters. The molecule has 21 heavy (non-hydrogen) atoms. The van der Waals surface area contributed by atoms with E-state index in [2.05, 4.69) is 4.98 Å². The SMILES string of the molecule is C[C@@H]1CN(S(=O)(=O)c2ccc([N+](=O)[O-])nc2)C[C@H]1C(=O)O. The van der Waals surface area contributed by atoms with Gasteiger partial charge in [0.2, 0.25) is 10.0 Å². The molecule has 10 heteroatoms. The van der Waals surface area contributed by atoms with E-state index in [1.54, 1.807) is 6.92 Å². The number of carbonyl (C=O) groups is 1. The van der Waals surface area contributed by atoms with Crippen molar-refractivity contribution in [1.82, 2.24) is 9.29 Å². The topological polar surface area (TPSA) is 131 Å². The van der Waals surface area contributed by atoms with Crippen molar-refractivity contribution >= 4 is 21.8 Å². The van der Waals surface area contributed by atoms with Crippen LogP contribution in [0.4, 0.5) is 5.82 Å². The van der Waals surface area contributed by atoms with E-state index in [1.165, 1.54) is 0 Å². The maximum atomic E-state index is 12.4. The maximum Gasteiger partial charge on any atom is 0.363 e. The molecular weight excluding hydrogens is 302 g/mol. The Bertz CT molecular complexity index is 672. The summed E-state index contributed by atoms with van der Waals surface area (Å²) in [6, 6.07) is 2.10. The molecule has 0 aromatic carbocycles. The Kier molecular flexibility index (Phi) is 3.92. The first-order valence-electron chi connectivity index (χ1n) is 6.07. The molecule has 1 aromatic rings. The highest BCUT2D eigenvalue weighted by Gasteiger charge is 2.41. The molecule has 0 amide bonds. The summed E-state index contributed by atoms with van der Waals surface area (Å²) in [6.45, 7) is 1.65. The molecule has 1 fully saturated rings. The van der Waals surface area contributed by atoms with Crippen LogP contribution < -0.4 is 0 Å². The van der Waals surface area contributed by atoms with E-state index in [0.717, 1.165) is 22.6 Å². The van der Waals surface area contributed by atoms with E-state index >= 15 is 0 Å². The lowest BCUT2D eigenvalue weighted by molar-refractivity contribution is -0.389. The zero-order valence-electron chi connectivity index (χ0n) is 11.0. The Morgan fingerprint density at radius 1 is 1.48 bits per heavy atom. The molecule has 114 valence electrons. The number of hydrogen-bond acceptors (Lipinski definition) is 6. The molecule has 1 aliphatic heterocycles. The molecule has 2 atom stereocenters. The third-order valence-electron chi connectivity index (χ3n) is 3.44. The minimum absolute atomic E-state index is 0.0935. The van der Waals surface area contributed by atoms with Gasteiger partial charge in [-0.15, -0.1) is 0 Å². The van der Waals surface area contributed by atoms with Crippen LogP contribution in [-0.2, 0) is 14.8 Å². The standard InChI is InChI=1S/C11H13N3O6S/c1-7-5-13(6-9(7)11(15)16)21(19,20)8-2-3-10(12-4-8)14(17)18/h2-4,7,9H,5-6H2,1H3,(H,15,16)/t7-,9-/m1/s1. The number of aromatic nitrogens is 1. The van der Waals surface area contributed by atoms with Crippen molar-refractivity contribution in [3.63, 3.8) is 0 Å². The van der Waals surface area contributed by atoms with Crippen LogP contribution in [0.25, 0.3) is 0 Å². The van der Waals surface area contributed by atoms with Crippen molar-refractivity contribution in [2.24, 2.45) is 11.8 Å². The Morgan fingerprint density at radius 3 is 2.57 bits per heavy atom. The number of pyridine rings is 1. The fraction of sp³-hybridized carbons (Fsp3) is 0.455. The summed E-state index contributed by atoms with van der Waals surface area (Å²) >= 11 is 0. The second-order valence-electron chi connectivity index (χ2n) is 4.85. The number of carboxylic acid groups (broad SMARTS) is 1. The van der Waals surface area contributed by atoms with Crippen LogP contribution in [0.3, 0.4) is 0 Å². The van der Waals surface area contributed by atoms with E-state index in [4.69, 9.17) is 5.11 Å². The van der Waals surface area contributed by atoms with Crippen LogP contribution in [0.5, 0.6) is 0 Å². The van der Waals surface area contributed by atoms with E-state index in [9.17, 15) is 23.3 Å². The average Bonchev–Trinajstić information content (AvgIpc) is 2.82. The van der Waals surface area contributed by atoms with Crippen molar-refractivity contribution in [2.75, 3.05) is 13.1 Å². The highest BCUT2D eigenvalue weighted by atomic mass is 32.2. The maximum absolute atomic E-state index is 12.4. The van der Waals surface area contributed by atoms with Gasteiger partial charge in [0.1, 0.15) is 4.90 Å². The number of rotatable bonds is 4. The predicted molar refractivity (Wildman–Crippen MR) is 69.9 cm³/mol. The highest BCUT2D eigenvalue weighted by molar-refractivity contribution is 7.89. The molecule has 0 bridgehead atoms. The summed E-state index contributed by atoms with van der Waals surface area (Å²) in [4.78, 5) is 24.1. The van der Waals surface area contributed by atoms with Crippen LogP contribution in [0.2, 0.25) is 0 Å². The zero-order chi connectivity index (χ0) is 15.8. The number of hydrogen-bond donors (Lipinski definition) is 1. The molecule has 0 aliphatic carbocycles. The summed E-state index contributed by atoms with van der Waals surface area (Å²) in [5.74, 6) is -2.55. The van der Waals surface area contributed by atoms with Crippen LogP contribution >= 0.6 is 0 Å². The molecule has 0 radical (unpaired) electrons. The molecule has 2 heterocycles. The van der Waals surface area contributed by atoms with Gasteiger partial charge in [0, 0.05) is 19.2 Å². The van der Waals surface area contributed by atoms with Gasteiger partial charge in [-0.1, -0.05) is 6.92 Å². The molecule has 1 aromatic heterocycles. The summed E-state index contributed by atoms with van der Waals surface area (Å²) in [7, 11) is -3.90. The van der Waals surface area contributed by atoms with Gasteiger partial charge in [-0.2, -0.15) is 4.31 Å². The van der Waals surface area contributed by atoms with Crippen LogP contribution in [0.15, 0.2) is 23.2 Å². The Morgan fingerprint density at radius 2 is 2.14 bits per heavy atom. The monoisotopic (exact) mass is 315 g/mol. The van der Waals surface area contributed by atoms with Gasteiger partial charge in [-0.05, 0) is 21.9 Å². The fourth-order valence-corrected chi connectivity index (χ4v) is 3.73. The third-order valence-corrected chi connectivity index (χ3v) is 5.26. The second-order valence-corrected chi connectivity index (χ2v) is 6.79. The van der Waals surface area contributed by atoms with Gasteiger partial charge in [0.25, 0.3) is 0 Å². The van der Waals surface area contributed by atoms with Gasteiger partial charge in [-0.25, -0.2) is 8.42 Å². The first-order valence-corrected chi connectivity index (χ1v) is 7.51. The van der Waals surface area contributed by atoms with Crippen LogP contribution in [0.1, 0.15) is 6.92 Å². The van der Waals surface area contributed by atoms with Gasteiger partial charge < -0.3 is 15.2 Å². The average molecular weight is 315 g/mol. The van der Waals surface area contributed by atoms with Crippen LogP contribution in [0, 0.1) is 22.0 Å². The molecular formula is C11H13N3O6S. The lowest BCUT2D eigenvalue weighted by Crippen LogP contribution is -2.30. The largest absolute Gasteiger partial charge is 0.481 e. The first-order chi connectivity index (χ1) is 9.73. The van der Waals surface area contributed by atoms with Gasteiger partial charge in [-0.3, -0.25) is 4.79 Å². The van der Waals surface area contributed by atoms with Crippen molar-refractivity contribution in [3.8, 4) is 0 Å². The number of sulfonamides is 1. The third kappa shape index (κ3) is 2.85. The summed E-state index contributed by atoms with van der Waals surface area (Å²) < 4.78 is 25.8. The Hall–Kier alpha value is -2.07. The Labute approximate surface area is 120 Å². The summed E-state index contributed by atoms with van der Waals surface area (Å²) in [5, 5.41) is 19.5. The van der Waals surface area contributed by atoms with Crippen molar-refractivity contribution in [2.45, 2.75) is 11.8 Å². The normalized spacial score (nSPS) is 23.1. The minimum Gasteiger partial charge on any atom is -0.481 e. The molecule has 1 aliphatic rings. The lowest BCUT2D eigenvalue weighted by Gasteiger charge is -2.14. The van der Waals surface area contributed by atoms with Crippen molar-refractivity contribution in [3.05, 3.63) is 28.4 Å². The number of nitro groups is 1. The summed E-state index contributed by atoms with van der Waals surface area (Å²) in [5.41, 5.74) is 0. The van der Waals surface area contributed by atoms with Gasteiger partial charge in [0.05, 0.1) is 5.92 Å². The number of aliphatic carboxylic acids is 1. The van der Waals surface area contributed by atoms with Gasteiger partial charge in [0.15, 0.2) is 6.20 Å². The predicted octanol–water partition coefficient (Wildman–Crippen LogP) is 0.331. The molecule has 0 saturated carbocycles. The summed E-state index contributed by atoms with van der Waals surface area (Å²) in [6.07, 6.45) is 0.909. The van der Waals surface area contributed by atoms with E-state index in [1.807, 2.05) is 0 Å². The molecule has 2 rings (SSSR count). The van der Waals surface area contributed by atoms with Crippen molar-refractivity contribution < 1.29 is 23.2 Å².